The zero-order chi connectivity index (χ0) is 35.3. The van der Waals surface area contributed by atoms with E-state index in [1.807, 2.05) is 42.5 Å². The monoisotopic (exact) mass is 697 g/mol. The maximum atomic E-state index is 6.49. The quantitative estimate of drug-likeness (QED) is 0.184. The molecule has 0 unspecified atom stereocenters. The lowest BCUT2D eigenvalue weighted by Gasteiger charge is -2.21. The number of hydrogen-bond donors (Lipinski definition) is 0. The van der Waals surface area contributed by atoms with Gasteiger partial charge in [0.25, 0.3) is 0 Å². The van der Waals surface area contributed by atoms with Crippen LogP contribution in [0.3, 0.4) is 0 Å². The first-order valence-corrected chi connectivity index (χ1v) is 18.7. The van der Waals surface area contributed by atoms with E-state index in [0.717, 1.165) is 44.2 Å². The third kappa shape index (κ3) is 4.64. The van der Waals surface area contributed by atoms with Gasteiger partial charge in [0.15, 0.2) is 17.5 Å². The van der Waals surface area contributed by atoms with Crippen molar-refractivity contribution in [2.75, 3.05) is 0 Å². The largest absolute Gasteiger partial charge is 0.456 e. The maximum Gasteiger partial charge on any atom is 0.164 e. The average Bonchev–Trinajstić information content (AvgIpc) is 3.85. The van der Waals surface area contributed by atoms with E-state index in [9.17, 15) is 0 Å². The SMILES string of the molecule is CC1(C)c2ccccc2-c2cc(-c3ccc4oc5cccc(-c6nc(-c7ccccc7)nc(-c7ccc8c(c7)sc7ccccc78)n6)c5c4c3)ccc21. The van der Waals surface area contributed by atoms with Crippen LogP contribution in [0.2, 0.25) is 0 Å². The van der Waals surface area contributed by atoms with Gasteiger partial charge in [-0.25, -0.2) is 15.0 Å². The molecule has 0 radical (unpaired) electrons. The number of hydrogen-bond acceptors (Lipinski definition) is 5. The Bertz CT molecular complexity index is 3100. The van der Waals surface area contributed by atoms with Gasteiger partial charge in [0.05, 0.1) is 0 Å². The van der Waals surface area contributed by atoms with Crippen LogP contribution in [0.4, 0.5) is 0 Å². The predicted octanol–water partition coefficient (Wildman–Crippen LogP) is 13.1. The molecule has 53 heavy (non-hydrogen) atoms. The molecule has 0 N–H and O–H groups in total. The number of furan rings is 1. The van der Waals surface area contributed by atoms with Crippen LogP contribution < -0.4 is 0 Å². The van der Waals surface area contributed by atoms with Gasteiger partial charge in [-0.05, 0) is 69.8 Å². The van der Waals surface area contributed by atoms with Crippen LogP contribution in [0.1, 0.15) is 25.0 Å². The van der Waals surface area contributed by atoms with Crippen molar-refractivity contribution < 1.29 is 4.42 Å². The molecule has 10 aromatic rings. The lowest BCUT2D eigenvalue weighted by molar-refractivity contribution is 0.660. The normalized spacial score (nSPS) is 13.2. The highest BCUT2D eigenvalue weighted by Gasteiger charge is 2.35. The minimum atomic E-state index is -0.0320. The second-order valence-corrected chi connectivity index (χ2v) is 15.5. The highest BCUT2D eigenvalue weighted by Crippen LogP contribution is 2.50. The zero-order valence-corrected chi connectivity index (χ0v) is 29.9. The molecule has 0 saturated carbocycles. The Morgan fingerprint density at radius 3 is 2.02 bits per heavy atom. The first-order valence-electron chi connectivity index (χ1n) is 17.9. The molecule has 7 aromatic carbocycles. The molecule has 5 heteroatoms. The molecular weight excluding hydrogens is 667 g/mol. The molecule has 0 amide bonds. The highest BCUT2D eigenvalue weighted by molar-refractivity contribution is 7.25. The number of aromatic nitrogens is 3. The minimum Gasteiger partial charge on any atom is -0.456 e. The molecule has 0 spiro atoms. The smallest absolute Gasteiger partial charge is 0.164 e. The van der Waals surface area contributed by atoms with Crippen LogP contribution in [-0.2, 0) is 5.41 Å². The van der Waals surface area contributed by atoms with Crippen LogP contribution >= 0.6 is 11.3 Å². The summed E-state index contributed by atoms with van der Waals surface area (Å²) in [7, 11) is 0. The topological polar surface area (TPSA) is 51.8 Å². The number of benzene rings is 7. The Hall–Kier alpha value is -6.43. The van der Waals surface area contributed by atoms with Gasteiger partial charge in [-0.15, -0.1) is 11.3 Å². The van der Waals surface area contributed by atoms with Gasteiger partial charge in [-0.1, -0.05) is 129 Å². The fourth-order valence-corrected chi connectivity index (χ4v) is 9.44. The molecule has 0 aliphatic heterocycles. The van der Waals surface area contributed by atoms with E-state index in [1.165, 1.54) is 48.0 Å². The lowest BCUT2D eigenvalue weighted by Crippen LogP contribution is -2.14. The summed E-state index contributed by atoms with van der Waals surface area (Å²) in [5.74, 6) is 1.88. The predicted molar refractivity (Wildman–Crippen MR) is 219 cm³/mol. The molecule has 1 aliphatic rings. The maximum absolute atomic E-state index is 6.49. The summed E-state index contributed by atoms with van der Waals surface area (Å²) in [4.78, 5) is 15.4. The van der Waals surface area contributed by atoms with Crippen LogP contribution in [0.25, 0.3) is 98.5 Å². The van der Waals surface area contributed by atoms with E-state index in [-0.39, 0.29) is 5.41 Å². The Morgan fingerprint density at radius 1 is 0.434 bits per heavy atom. The fraction of sp³-hybridized carbons (Fsp3) is 0.0625. The second-order valence-electron chi connectivity index (χ2n) is 14.4. The summed E-state index contributed by atoms with van der Waals surface area (Å²) in [6, 6.07) is 53.6. The lowest BCUT2D eigenvalue weighted by atomic mass is 9.82. The van der Waals surface area contributed by atoms with Crippen molar-refractivity contribution in [1.29, 1.82) is 0 Å². The molecule has 4 nitrogen and oxygen atoms in total. The molecular formula is C48H31N3OS. The zero-order valence-electron chi connectivity index (χ0n) is 29.1. The molecule has 3 heterocycles. The highest BCUT2D eigenvalue weighted by atomic mass is 32.1. The molecule has 3 aromatic heterocycles. The Kier molecular flexibility index (Phi) is 6.43. The summed E-state index contributed by atoms with van der Waals surface area (Å²) in [6.07, 6.45) is 0. The van der Waals surface area contributed by atoms with Gasteiger partial charge in [-0.2, -0.15) is 0 Å². The first-order chi connectivity index (χ1) is 26.0. The molecule has 0 fully saturated rings. The third-order valence-corrected chi connectivity index (χ3v) is 12.1. The minimum absolute atomic E-state index is 0.0320. The standard InChI is InChI=1S/C48H31N3OS/c1-48(2)38-16-8-6-13-32(38)36-25-29(20-23-39(36)48)30-21-24-40-37(26-30)44-35(15-10-17-41(44)52-40)47-50-45(28-11-4-3-5-12-28)49-46(51-47)31-19-22-34-33-14-7-9-18-42(33)53-43(34)27-31/h3-27H,1-2H3. The van der Waals surface area contributed by atoms with Gasteiger partial charge in [-0.3, -0.25) is 0 Å². The van der Waals surface area contributed by atoms with Crippen molar-refractivity contribution in [3.8, 4) is 56.4 Å². The van der Waals surface area contributed by atoms with Gasteiger partial charge in [0.1, 0.15) is 11.2 Å². The van der Waals surface area contributed by atoms with Gasteiger partial charge < -0.3 is 4.42 Å². The Balaban J connectivity index is 1.09. The van der Waals surface area contributed by atoms with E-state index >= 15 is 0 Å². The summed E-state index contributed by atoms with van der Waals surface area (Å²) in [5.41, 5.74) is 12.1. The average molecular weight is 698 g/mol. The van der Waals surface area contributed by atoms with Crippen LogP contribution in [0.15, 0.2) is 156 Å². The first kappa shape index (κ1) is 30.2. The summed E-state index contributed by atoms with van der Waals surface area (Å²) >= 11 is 1.79. The van der Waals surface area contributed by atoms with Crippen molar-refractivity contribution in [3.05, 3.63) is 163 Å². The van der Waals surface area contributed by atoms with Gasteiger partial charge in [0, 0.05) is 53.1 Å². The van der Waals surface area contributed by atoms with Crippen molar-refractivity contribution in [3.63, 3.8) is 0 Å². The Labute approximate surface area is 310 Å². The van der Waals surface area contributed by atoms with Crippen LogP contribution in [-0.4, -0.2) is 15.0 Å². The number of fused-ring (bicyclic) bond motifs is 9. The molecule has 0 bridgehead atoms. The van der Waals surface area contributed by atoms with E-state index < -0.39 is 0 Å². The van der Waals surface area contributed by atoms with Crippen LogP contribution in [0.5, 0.6) is 0 Å². The van der Waals surface area contributed by atoms with E-state index in [4.69, 9.17) is 19.4 Å². The second kappa shape index (κ2) is 11.3. The number of thiophene rings is 1. The summed E-state index contributed by atoms with van der Waals surface area (Å²) in [5, 5.41) is 4.54. The van der Waals surface area contributed by atoms with Gasteiger partial charge in [0.2, 0.25) is 0 Å². The molecule has 1 aliphatic carbocycles. The number of nitrogens with zero attached hydrogens (tertiary/aromatic N) is 3. The van der Waals surface area contributed by atoms with E-state index in [1.54, 1.807) is 11.3 Å². The van der Waals surface area contributed by atoms with Gasteiger partial charge >= 0.3 is 0 Å². The molecule has 250 valence electrons. The van der Waals surface area contributed by atoms with Crippen molar-refractivity contribution in [2.24, 2.45) is 0 Å². The fourth-order valence-electron chi connectivity index (χ4n) is 8.30. The van der Waals surface area contributed by atoms with E-state index in [0.29, 0.717) is 17.5 Å². The van der Waals surface area contributed by atoms with E-state index in [2.05, 4.69) is 123 Å². The summed E-state index contributed by atoms with van der Waals surface area (Å²) < 4.78 is 8.97. The molecule has 11 rings (SSSR count). The van der Waals surface area contributed by atoms with Crippen molar-refractivity contribution in [2.45, 2.75) is 19.3 Å². The summed E-state index contributed by atoms with van der Waals surface area (Å²) in [6.45, 7) is 4.64. The number of rotatable bonds is 4. The Morgan fingerprint density at radius 2 is 1.11 bits per heavy atom. The third-order valence-electron chi connectivity index (χ3n) is 11.0. The van der Waals surface area contributed by atoms with Crippen molar-refractivity contribution in [1.82, 2.24) is 15.0 Å². The molecule has 0 saturated heterocycles. The van der Waals surface area contributed by atoms with Crippen molar-refractivity contribution >= 4 is 53.4 Å². The molecule has 0 atom stereocenters. The van der Waals surface area contributed by atoms with Crippen LogP contribution in [0, 0.1) is 0 Å².